The molecule has 0 atom stereocenters. The Morgan fingerprint density at radius 2 is 2.00 bits per heavy atom. The van der Waals surface area contributed by atoms with Crippen LogP contribution in [0.15, 0.2) is 17.0 Å². The number of hydrogen-bond acceptors (Lipinski definition) is 3. The van der Waals surface area contributed by atoms with Crippen molar-refractivity contribution >= 4 is 10.0 Å². The zero-order valence-electron chi connectivity index (χ0n) is 12.8. The largest absolute Gasteiger partial charge is 0.316 e. The van der Waals surface area contributed by atoms with Crippen molar-refractivity contribution in [1.82, 2.24) is 10.0 Å². The normalized spacial score (nSPS) is 17.5. The highest BCUT2D eigenvalue weighted by Crippen LogP contribution is 2.36. The molecule has 1 saturated carbocycles. The lowest BCUT2D eigenvalue weighted by Gasteiger charge is -2.41. The Labute approximate surface area is 126 Å². The third kappa shape index (κ3) is 3.27. The molecule has 4 nitrogen and oxygen atoms in total. The summed E-state index contributed by atoms with van der Waals surface area (Å²) in [4.78, 5) is 0.0486. The van der Waals surface area contributed by atoms with E-state index in [0.29, 0.717) is 12.1 Å². The van der Waals surface area contributed by atoms with Crippen molar-refractivity contribution in [2.24, 2.45) is 0 Å². The van der Waals surface area contributed by atoms with Crippen LogP contribution in [0.5, 0.6) is 0 Å². The molecule has 1 aromatic carbocycles. The summed E-state index contributed by atoms with van der Waals surface area (Å²) in [5.74, 6) is -0.484. The molecule has 0 amide bonds. The van der Waals surface area contributed by atoms with Gasteiger partial charge in [0.05, 0.1) is 4.90 Å². The van der Waals surface area contributed by atoms with Gasteiger partial charge in [-0.3, -0.25) is 0 Å². The van der Waals surface area contributed by atoms with E-state index in [2.05, 4.69) is 10.0 Å². The fourth-order valence-corrected chi connectivity index (χ4v) is 4.60. The first-order valence-electron chi connectivity index (χ1n) is 7.31. The molecule has 1 aromatic rings. The predicted molar refractivity (Wildman–Crippen MR) is 81.1 cm³/mol. The van der Waals surface area contributed by atoms with Gasteiger partial charge < -0.3 is 5.32 Å². The highest BCUT2D eigenvalue weighted by molar-refractivity contribution is 7.89. The van der Waals surface area contributed by atoms with E-state index in [0.717, 1.165) is 25.7 Å². The molecule has 0 spiro atoms. The van der Waals surface area contributed by atoms with Crippen LogP contribution < -0.4 is 10.0 Å². The monoisotopic (exact) mass is 314 g/mol. The van der Waals surface area contributed by atoms with Gasteiger partial charge in [-0.2, -0.15) is 0 Å². The van der Waals surface area contributed by atoms with E-state index in [1.165, 1.54) is 13.0 Å². The standard InChI is InChI=1S/C15H23FN2O2S/c1-4-15(6-5-7-15)18-21(19,20)14-9-12(10-17-3)8-13(16)11(14)2/h8-9,17-18H,4-7,10H2,1-3H3. The van der Waals surface area contributed by atoms with E-state index in [4.69, 9.17) is 0 Å². The lowest BCUT2D eigenvalue weighted by atomic mass is 9.76. The summed E-state index contributed by atoms with van der Waals surface area (Å²) < 4.78 is 42.0. The average Bonchev–Trinajstić information content (AvgIpc) is 2.38. The van der Waals surface area contributed by atoms with Crippen molar-refractivity contribution in [3.8, 4) is 0 Å². The highest BCUT2D eigenvalue weighted by Gasteiger charge is 2.39. The molecule has 0 aromatic heterocycles. The van der Waals surface area contributed by atoms with Gasteiger partial charge in [-0.25, -0.2) is 17.5 Å². The average molecular weight is 314 g/mol. The van der Waals surface area contributed by atoms with Crippen molar-refractivity contribution in [3.05, 3.63) is 29.1 Å². The van der Waals surface area contributed by atoms with Gasteiger partial charge in [0.1, 0.15) is 5.82 Å². The summed E-state index contributed by atoms with van der Waals surface area (Å²) in [6.45, 7) is 3.91. The molecule has 6 heteroatoms. The SMILES string of the molecule is CCC1(NS(=O)(=O)c2cc(CNC)cc(F)c2C)CCC1. The number of nitrogens with one attached hydrogen (secondary N) is 2. The molecule has 0 heterocycles. The van der Waals surface area contributed by atoms with Crippen molar-refractivity contribution in [2.45, 2.75) is 56.5 Å². The van der Waals surface area contributed by atoms with Gasteiger partial charge in [0, 0.05) is 17.6 Å². The minimum atomic E-state index is -3.70. The molecule has 0 saturated heterocycles. The molecule has 0 bridgehead atoms. The van der Waals surface area contributed by atoms with Gasteiger partial charge in [0.15, 0.2) is 0 Å². The Balaban J connectivity index is 2.39. The van der Waals surface area contributed by atoms with Crippen LogP contribution in [-0.4, -0.2) is 21.0 Å². The molecule has 2 N–H and O–H groups in total. The van der Waals surface area contributed by atoms with E-state index in [-0.39, 0.29) is 16.0 Å². The maximum atomic E-state index is 14.0. The Hall–Kier alpha value is -0.980. The summed E-state index contributed by atoms with van der Waals surface area (Å²) in [5, 5.41) is 2.91. The quantitative estimate of drug-likeness (QED) is 0.848. The van der Waals surface area contributed by atoms with Crippen molar-refractivity contribution < 1.29 is 12.8 Å². The van der Waals surface area contributed by atoms with Crippen LogP contribution in [0.3, 0.4) is 0 Å². The van der Waals surface area contributed by atoms with E-state index in [9.17, 15) is 12.8 Å². The summed E-state index contributed by atoms with van der Waals surface area (Å²) in [5.41, 5.74) is 0.453. The Bertz CT molecular complexity index is 619. The molecule has 0 aliphatic heterocycles. The van der Waals surface area contributed by atoms with E-state index in [1.807, 2.05) is 6.92 Å². The second-order valence-corrected chi connectivity index (χ2v) is 7.47. The van der Waals surface area contributed by atoms with Gasteiger partial charge in [-0.1, -0.05) is 6.92 Å². The number of halogens is 1. The lowest BCUT2D eigenvalue weighted by molar-refractivity contribution is 0.214. The molecule has 1 fully saturated rings. The Morgan fingerprint density at radius 3 is 2.48 bits per heavy atom. The van der Waals surface area contributed by atoms with Crippen LogP contribution in [-0.2, 0) is 16.6 Å². The van der Waals surface area contributed by atoms with Crippen molar-refractivity contribution in [2.75, 3.05) is 7.05 Å². The maximum Gasteiger partial charge on any atom is 0.241 e. The summed E-state index contributed by atoms with van der Waals surface area (Å²) >= 11 is 0. The number of hydrogen-bond donors (Lipinski definition) is 2. The molecular weight excluding hydrogens is 291 g/mol. The van der Waals surface area contributed by atoms with Crippen LogP contribution >= 0.6 is 0 Å². The van der Waals surface area contributed by atoms with Gasteiger partial charge in [0.25, 0.3) is 0 Å². The molecular formula is C15H23FN2O2S. The van der Waals surface area contributed by atoms with Crippen LogP contribution in [0.25, 0.3) is 0 Å². The highest BCUT2D eigenvalue weighted by atomic mass is 32.2. The van der Waals surface area contributed by atoms with Crippen molar-refractivity contribution in [1.29, 1.82) is 0 Å². The van der Waals surface area contributed by atoms with Crippen LogP contribution in [0.2, 0.25) is 0 Å². The van der Waals surface area contributed by atoms with E-state index < -0.39 is 15.8 Å². The summed E-state index contributed by atoms with van der Waals surface area (Å²) in [6.07, 6.45) is 3.48. The topological polar surface area (TPSA) is 58.2 Å². The first-order valence-corrected chi connectivity index (χ1v) is 8.79. The minimum Gasteiger partial charge on any atom is -0.316 e. The van der Waals surface area contributed by atoms with E-state index in [1.54, 1.807) is 13.1 Å². The van der Waals surface area contributed by atoms with Crippen molar-refractivity contribution in [3.63, 3.8) is 0 Å². The fraction of sp³-hybridized carbons (Fsp3) is 0.600. The smallest absolute Gasteiger partial charge is 0.241 e. The van der Waals surface area contributed by atoms with E-state index >= 15 is 0 Å². The van der Waals surface area contributed by atoms with Crippen LogP contribution in [0.1, 0.15) is 43.7 Å². The molecule has 1 aliphatic carbocycles. The van der Waals surface area contributed by atoms with Gasteiger partial charge >= 0.3 is 0 Å². The van der Waals surface area contributed by atoms with Gasteiger partial charge in [-0.15, -0.1) is 0 Å². The number of rotatable bonds is 6. The number of sulfonamides is 1. The zero-order valence-corrected chi connectivity index (χ0v) is 13.6. The Kier molecular flexibility index (Phi) is 4.70. The molecule has 0 unspecified atom stereocenters. The maximum absolute atomic E-state index is 14.0. The van der Waals surface area contributed by atoms with Crippen LogP contribution in [0.4, 0.5) is 4.39 Å². The number of benzene rings is 1. The third-order valence-corrected chi connectivity index (χ3v) is 6.07. The van der Waals surface area contributed by atoms with Gasteiger partial charge in [-0.05, 0) is 57.4 Å². The first-order chi connectivity index (χ1) is 9.83. The summed E-state index contributed by atoms with van der Waals surface area (Å²) in [7, 11) is -1.96. The molecule has 0 radical (unpaired) electrons. The van der Waals surface area contributed by atoms with Crippen LogP contribution in [0, 0.1) is 12.7 Å². The molecule has 1 aliphatic rings. The fourth-order valence-electron chi connectivity index (χ4n) is 2.76. The molecule has 21 heavy (non-hydrogen) atoms. The Morgan fingerprint density at radius 1 is 1.33 bits per heavy atom. The zero-order chi connectivity index (χ0) is 15.7. The second-order valence-electron chi connectivity index (χ2n) is 5.82. The predicted octanol–water partition coefficient (Wildman–Crippen LogP) is 2.46. The first kappa shape index (κ1) is 16.4. The molecule has 2 rings (SSSR count). The second kappa shape index (κ2) is 6.02. The third-order valence-electron chi connectivity index (χ3n) is 4.37. The summed E-state index contributed by atoms with van der Waals surface area (Å²) in [6, 6.07) is 2.93. The minimum absolute atomic E-state index is 0.0486. The molecule has 118 valence electrons. The van der Waals surface area contributed by atoms with Gasteiger partial charge in [0.2, 0.25) is 10.0 Å². The lowest BCUT2D eigenvalue weighted by Crippen LogP contribution is -2.52.